The summed E-state index contributed by atoms with van der Waals surface area (Å²) < 4.78 is 0. The van der Waals surface area contributed by atoms with Crippen molar-refractivity contribution in [1.82, 2.24) is 0 Å². The molecule has 0 aromatic rings. The van der Waals surface area contributed by atoms with Gasteiger partial charge < -0.3 is 0 Å². The van der Waals surface area contributed by atoms with Crippen molar-refractivity contribution in [2.24, 2.45) is 11.8 Å². The van der Waals surface area contributed by atoms with Gasteiger partial charge in [0.25, 0.3) is 0 Å². The standard InChI is InChI=1S/C17H28.2CH4/c1-7-9-10-11-15(5)12-13-17(14(3)4)16(6)8-2;;/h8-14,17H,7H2,1-6H3;2*1H4/b10-9+,13-12+,15-11+,16-8-;;. The van der Waals surface area contributed by atoms with Crippen LogP contribution in [0, 0.1) is 11.8 Å². The van der Waals surface area contributed by atoms with E-state index in [1.165, 1.54) is 11.1 Å². The molecule has 0 aromatic carbocycles. The van der Waals surface area contributed by atoms with Crippen LogP contribution in [0.25, 0.3) is 0 Å². The van der Waals surface area contributed by atoms with E-state index in [0.29, 0.717) is 11.8 Å². The SMILES string of the molecule is C.C.C/C=C(/C)C(/C=C/C(C)=C/C=C/CC)C(C)C. The summed E-state index contributed by atoms with van der Waals surface area (Å²) in [5.74, 6) is 1.21. The fourth-order valence-corrected chi connectivity index (χ4v) is 1.76. The van der Waals surface area contributed by atoms with Gasteiger partial charge in [-0.25, -0.2) is 0 Å². The van der Waals surface area contributed by atoms with Gasteiger partial charge in [0.1, 0.15) is 0 Å². The maximum absolute atomic E-state index is 2.33. The second kappa shape index (κ2) is 13.4. The zero-order valence-electron chi connectivity index (χ0n) is 12.3. The molecule has 0 heteroatoms. The van der Waals surface area contributed by atoms with Crippen molar-refractivity contribution in [1.29, 1.82) is 0 Å². The van der Waals surface area contributed by atoms with Crippen molar-refractivity contribution in [3.8, 4) is 0 Å². The predicted octanol–water partition coefficient (Wildman–Crippen LogP) is 6.97. The number of hydrogen-bond donors (Lipinski definition) is 0. The van der Waals surface area contributed by atoms with Gasteiger partial charge in [-0.1, -0.05) is 83.2 Å². The van der Waals surface area contributed by atoms with Crippen LogP contribution >= 0.6 is 0 Å². The Morgan fingerprint density at radius 2 is 1.68 bits per heavy atom. The van der Waals surface area contributed by atoms with E-state index < -0.39 is 0 Å². The van der Waals surface area contributed by atoms with Crippen molar-refractivity contribution < 1.29 is 0 Å². The molecule has 0 aliphatic carbocycles. The Balaban J connectivity index is -0.00000128. The van der Waals surface area contributed by atoms with E-state index in [4.69, 9.17) is 0 Å². The monoisotopic (exact) mass is 264 g/mol. The highest BCUT2D eigenvalue weighted by atomic mass is 14.2. The molecule has 1 atom stereocenters. The maximum atomic E-state index is 2.33. The number of rotatable bonds is 6. The average molecular weight is 264 g/mol. The van der Waals surface area contributed by atoms with E-state index in [-0.39, 0.29) is 14.9 Å². The third-order valence-electron chi connectivity index (χ3n) is 3.00. The second-order valence-corrected chi connectivity index (χ2v) is 4.91. The van der Waals surface area contributed by atoms with Gasteiger partial charge in [0, 0.05) is 5.92 Å². The Kier molecular flexibility index (Phi) is 16.3. The van der Waals surface area contributed by atoms with Crippen LogP contribution in [0.1, 0.15) is 62.8 Å². The minimum absolute atomic E-state index is 0. The molecule has 0 aliphatic rings. The predicted molar refractivity (Wildman–Crippen MR) is 93.5 cm³/mol. The highest BCUT2D eigenvalue weighted by molar-refractivity contribution is 5.24. The van der Waals surface area contributed by atoms with Crippen LogP contribution in [0.5, 0.6) is 0 Å². The van der Waals surface area contributed by atoms with Gasteiger partial charge >= 0.3 is 0 Å². The van der Waals surface area contributed by atoms with Crippen molar-refractivity contribution in [3.05, 3.63) is 47.6 Å². The van der Waals surface area contributed by atoms with Crippen molar-refractivity contribution >= 4 is 0 Å². The van der Waals surface area contributed by atoms with Gasteiger partial charge in [-0.15, -0.1) is 0 Å². The second-order valence-electron chi connectivity index (χ2n) is 4.91. The lowest BCUT2D eigenvalue weighted by Gasteiger charge is -2.17. The molecule has 0 nitrogen and oxygen atoms in total. The Labute approximate surface area is 123 Å². The summed E-state index contributed by atoms with van der Waals surface area (Å²) in [6.45, 7) is 13.2. The molecule has 0 bridgehead atoms. The van der Waals surface area contributed by atoms with Crippen LogP contribution in [0.3, 0.4) is 0 Å². The molecule has 0 N–H and O–H groups in total. The molecule has 0 aliphatic heterocycles. The van der Waals surface area contributed by atoms with Crippen LogP contribution in [-0.4, -0.2) is 0 Å². The first-order valence-electron chi connectivity index (χ1n) is 6.67. The molecule has 0 saturated carbocycles. The van der Waals surface area contributed by atoms with Crippen LogP contribution in [-0.2, 0) is 0 Å². The third-order valence-corrected chi connectivity index (χ3v) is 3.00. The summed E-state index contributed by atoms with van der Waals surface area (Å²) in [6.07, 6.45) is 14.3. The Morgan fingerprint density at radius 1 is 1.11 bits per heavy atom. The lowest BCUT2D eigenvalue weighted by Crippen LogP contribution is -2.06. The molecule has 0 saturated heterocycles. The van der Waals surface area contributed by atoms with Crippen molar-refractivity contribution in [2.45, 2.75) is 62.8 Å². The zero-order valence-corrected chi connectivity index (χ0v) is 12.3. The largest absolute Gasteiger partial charge is 0.0881 e. The Bertz CT molecular complexity index is 311. The van der Waals surface area contributed by atoms with Crippen LogP contribution in [0.15, 0.2) is 47.6 Å². The van der Waals surface area contributed by atoms with Gasteiger partial charge in [0.15, 0.2) is 0 Å². The topological polar surface area (TPSA) is 0 Å². The summed E-state index contributed by atoms with van der Waals surface area (Å²) in [4.78, 5) is 0. The molecule has 19 heavy (non-hydrogen) atoms. The van der Waals surface area contributed by atoms with E-state index >= 15 is 0 Å². The molecule has 0 aromatic heterocycles. The van der Waals surface area contributed by atoms with E-state index in [1.807, 2.05) is 0 Å². The average Bonchev–Trinajstić information content (AvgIpc) is 2.28. The quantitative estimate of drug-likeness (QED) is 0.359. The van der Waals surface area contributed by atoms with E-state index in [9.17, 15) is 0 Å². The number of allylic oxidation sites excluding steroid dienone is 8. The summed E-state index contributed by atoms with van der Waals surface area (Å²) in [5, 5.41) is 0. The van der Waals surface area contributed by atoms with E-state index in [0.717, 1.165) is 6.42 Å². The van der Waals surface area contributed by atoms with Crippen molar-refractivity contribution in [2.75, 3.05) is 0 Å². The maximum Gasteiger partial charge on any atom is 0.00000944 e. The molecular weight excluding hydrogens is 228 g/mol. The van der Waals surface area contributed by atoms with Gasteiger partial charge in [-0.05, 0) is 33.1 Å². The highest BCUT2D eigenvalue weighted by Crippen LogP contribution is 2.22. The highest BCUT2D eigenvalue weighted by Gasteiger charge is 2.10. The van der Waals surface area contributed by atoms with Crippen LogP contribution in [0.2, 0.25) is 0 Å². The smallest absolute Gasteiger partial charge is 0.00000944 e. The van der Waals surface area contributed by atoms with E-state index in [2.05, 4.69) is 78.0 Å². The molecule has 0 heterocycles. The molecule has 0 amide bonds. The van der Waals surface area contributed by atoms with Crippen LogP contribution in [0.4, 0.5) is 0 Å². The molecular formula is C19H36. The fraction of sp³-hybridized carbons (Fsp3) is 0.579. The zero-order chi connectivity index (χ0) is 13.3. The summed E-state index contributed by atoms with van der Waals surface area (Å²) in [5.41, 5.74) is 2.76. The summed E-state index contributed by atoms with van der Waals surface area (Å²) in [6, 6.07) is 0. The first-order chi connectivity index (χ1) is 8.02. The molecule has 0 rings (SSSR count). The van der Waals surface area contributed by atoms with Gasteiger partial charge in [0.2, 0.25) is 0 Å². The molecule has 0 spiro atoms. The van der Waals surface area contributed by atoms with Gasteiger partial charge in [0.05, 0.1) is 0 Å². The van der Waals surface area contributed by atoms with E-state index in [1.54, 1.807) is 0 Å². The minimum atomic E-state index is 0. The fourth-order valence-electron chi connectivity index (χ4n) is 1.76. The normalized spacial score (nSPS) is 14.7. The minimum Gasteiger partial charge on any atom is -0.0881 e. The Hall–Kier alpha value is -1.04. The molecule has 0 fully saturated rings. The molecule has 112 valence electrons. The summed E-state index contributed by atoms with van der Waals surface area (Å²) in [7, 11) is 0. The molecule has 1 unspecified atom stereocenters. The van der Waals surface area contributed by atoms with Gasteiger partial charge in [-0.3, -0.25) is 0 Å². The lowest BCUT2D eigenvalue weighted by atomic mass is 9.88. The van der Waals surface area contributed by atoms with Crippen LogP contribution < -0.4 is 0 Å². The molecule has 0 radical (unpaired) electrons. The van der Waals surface area contributed by atoms with Gasteiger partial charge in [-0.2, -0.15) is 0 Å². The number of hydrogen-bond acceptors (Lipinski definition) is 0. The first kappa shape index (κ1) is 23.1. The third kappa shape index (κ3) is 10.6. The van der Waals surface area contributed by atoms with Crippen molar-refractivity contribution in [3.63, 3.8) is 0 Å². The lowest BCUT2D eigenvalue weighted by molar-refractivity contribution is 0.525. The summed E-state index contributed by atoms with van der Waals surface area (Å²) >= 11 is 0. The first-order valence-corrected chi connectivity index (χ1v) is 6.67. The Morgan fingerprint density at radius 3 is 2.11 bits per heavy atom.